The van der Waals surface area contributed by atoms with Gasteiger partial charge in [-0.2, -0.15) is 0 Å². The molecule has 1 saturated carbocycles. The summed E-state index contributed by atoms with van der Waals surface area (Å²) in [4.78, 5) is 0. The van der Waals surface area contributed by atoms with Gasteiger partial charge >= 0.3 is 0 Å². The van der Waals surface area contributed by atoms with E-state index in [0.717, 1.165) is 30.2 Å². The molecule has 1 aromatic rings. The van der Waals surface area contributed by atoms with Gasteiger partial charge in [0.2, 0.25) is 0 Å². The first-order valence-corrected chi connectivity index (χ1v) is 6.63. The van der Waals surface area contributed by atoms with Gasteiger partial charge in [-0.25, -0.2) is 0 Å². The first-order chi connectivity index (χ1) is 7.66. The summed E-state index contributed by atoms with van der Waals surface area (Å²) in [7, 11) is 0. The fraction of sp³-hybridized carbons (Fsp3) is 0.500. The molecular formula is C12H14BrClO2. The molecule has 2 rings (SSSR count). The van der Waals surface area contributed by atoms with Gasteiger partial charge < -0.3 is 9.84 Å². The van der Waals surface area contributed by atoms with Crippen molar-refractivity contribution in [3.05, 3.63) is 27.7 Å². The first-order valence-electron chi connectivity index (χ1n) is 5.46. The molecule has 1 N–H and O–H groups in total. The Hall–Kier alpha value is -0.250. The third-order valence-electron chi connectivity index (χ3n) is 2.84. The Labute approximate surface area is 109 Å². The molecule has 0 unspecified atom stereocenters. The lowest BCUT2D eigenvalue weighted by Crippen LogP contribution is -2.34. The lowest BCUT2D eigenvalue weighted by Gasteiger charge is -2.28. The SMILES string of the molecule is O[C@H]1CCCC[C@@H]1Oc1cc(Br)ccc1Cl. The highest BCUT2D eigenvalue weighted by Gasteiger charge is 2.25. The second-order valence-electron chi connectivity index (χ2n) is 4.08. The Morgan fingerprint density at radius 2 is 2.06 bits per heavy atom. The van der Waals surface area contributed by atoms with Gasteiger partial charge in [-0.05, 0) is 37.5 Å². The number of aliphatic hydroxyl groups is 1. The fourth-order valence-corrected chi connectivity index (χ4v) is 2.45. The van der Waals surface area contributed by atoms with Crippen molar-refractivity contribution in [2.24, 2.45) is 0 Å². The Bertz CT molecular complexity index is 370. The lowest BCUT2D eigenvalue weighted by molar-refractivity contribution is 0.00690. The Balaban J connectivity index is 2.10. The molecular weight excluding hydrogens is 291 g/mol. The van der Waals surface area contributed by atoms with Crippen molar-refractivity contribution in [1.82, 2.24) is 0 Å². The van der Waals surface area contributed by atoms with E-state index >= 15 is 0 Å². The van der Waals surface area contributed by atoms with E-state index in [4.69, 9.17) is 16.3 Å². The molecule has 4 heteroatoms. The second-order valence-corrected chi connectivity index (χ2v) is 5.41. The maximum atomic E-state index is 9.81. The van der Waals surface area contributed by atoms with Gasteiger partial charge in [0.05, 0.1) is 11.1 Å². The second kappa shape index (κ2) is 5.39. The number of aliphatic hydroxyl groups excluding tert-OH is 1. The Morgan fingerprint density at radius 1 is 1.31 bits per heavy atom. The maximum absolute atomic E-state index is 9.81. The summed E-state index contributed by atoms with van der Waals surface area (Å²) in [6.07, 6.45) is 3.39. The largest absolute Gasteiger partial charge is 0.486 e. The molecule has 0 aliphatic heterocycles. The summed E-state index contributed by atoms with van der Waals surface area (Å²) >= 11 is 9.41. The third kappa shape index (κ3) is 2.90. The van der Waals surface area contributed by atoms with E-state index in [1.807, 2.05) is 12.1 Å². The van der Waals surface area contributed by atoms with Crippen LogP contribution in [-0.2, 0) is 0 Å². The van der Waals surface area contributed by atoms with Crippen LogP contribution >= 0.6 is 27.5 Å². The van der Waals surface area contributed by atoms with Crippen molar-refractivity contribution in [2.45, 2.75) is 37.9 Å². The van der Waals surface area contributed by atoms with Gasteiger partial charge in [0.1, 0.15) is 11.9 Å². The number of ether oxygens (including phenoxy) is 1. The molecule has 0 bridgehead atoms. The van der Waals surface area contributed by atoms with Crippen LogP contribution < -0.4 is 4.74 Å². The molecule has 0 radical (unpaired) electrons. The van der Waals surface area contributed by atoms with E-state index in [-0.39, 0.29) is 12.2 Å². The van der Waals surface area contributed by atoms with Crippen LogP contribution in [0.4, 0.5) is 0 Å². The smallest absolute Gasteiger partial charge is 0.139 e. The monoisotopic (exact) mass is 304 g/mol. The van der Waals surface area contributed by atoms with Crippen LogP contribution in [0.3, 0.4) is 0 Å². The zero-order valence-electron chi connectivity index (χ0n) is 8.83. The molecule has 0 spiro atoms. The van der Waals surface area contributed by atoms with E-state index in [1.54, 1.807) is 6.07 Å². The number of benzene rings is 1. The lowest BCUT2D eigenvalue weighted by atomic mass is 9.95. The summed E-state index contributed by atoms with van der Waals surface area (Å²) < 4.78 is 6.70. The van der Waals surface area contributed by atoms with Crippen LogP contribution in [-0.4, -0.2) is 17.3 Å². The standard InChI is InChI=1S/C12H14BrClO2/c13-8-5-6-9(14)12(7-8)16-11-4-2-1-3-10(11)15/h5-7,10-11,15H,1-4H2/t10-,11-/m0/s1. The molecule has 16 heavy (non-hydrogen) atoms. The van der Waals surface area contributed by atoms with Crippen LogP contribution in [0.15, 0.2) is 22.7 Å². The molecule has 88 valence electrons. The quantitative estimate of drug-likeness (QED) is 0.901. The fourth-order valence-electron chi connectivity index (χ4n) is 1.95. The van der Waals surface area contributed by atoms with Gasteiger partial charge in [0, 0.05) is 4.47 Å². The van der Waals surface area contributed by atoms with Crippen LogP contribution in [0.25, 0.3) is 0 Å². The van der Waals surface area contributed by atoms with Crippen LogP contribution in [0.5, 0.6) is 5.75 Å². The number of halogens is 2. The highest BCUT2D eigenvalue weighted by atomic mass is 79.9. The van der Waals surface area contributed by atoms with Gasteiger partial charge in [-0.1, -0.05) is 34.0 Å². The van der Waals surface area contributed by atoms with E-state index in [2.05, 4.69) is 15.9 Å². The molecule has 2 atom stereocenters. The van der Waals surface area contributed by atoms with Gasteiger partial charge in [0.15, 0.2) is 0 Å². The number of hydrogen-bond acceptors (Lipinski definition) is 2. The van der Waals surface area contributed by atoms with Crippen LogP contribution in [0.1, 0.15) is 25.7 Å². The molecule has 0 amide bonds. The van der Waals surface area contributed by atoms with Crippen LogP contribution in [0.2, 0.25) is 5.02 Å². The summed E-state index contributed by atoms with van der Waals surface area (Å²) in [5, 5.41) is 10.4. The van der Waals surface area contributed by atoms with E-state index in [1.165, 1.54) is 0 Å². The topological polar surface area (TPSA) is 29.5 Å². The van der Waals surface area contributed by atoms with E-state index < -0.39 is 0 Å². The predicted molar refractivity (Wildman–Crippen MR) is 68.0 cm³/mol. The first kappa shape index (κ1) is 12.2. The van der Waals surface area contributed by atoms with Crippen molar-refractivity contribution in [3.63, 3.8) is 0 Å². The van der Waals surface area contributed by atoms with E-state index in [0.29, 0.717) is 10.8 Å². The number of hydrogen-bond donors (Lipinski definition) is 1. The molecule has 0 heterocycles. The van der Waals surface area contributed by atoms with Gasteiger partial charge in [-0.3, -0.25) is 0 Å². The minimum atomic E-state index is -0.371. The highest BCUT2D eigenvalue weighted by molar-refractivity contribution is 9.10. The zero-order chi connectivity index (χ0) is 11.5. The molecule has 0 aromatic heterocycles. The highest BCUT2D eigenvalue weighted by Crippen LogP contribution is 2.31. The Morgan fingerprint density at radius 3 is 2.81 bits per heavy atom. The predicted octanol–water partition coefficient (Wildman–Crippen LogP) is 3.78. The summed E-state index contributed by atoms with van der Waals surface area (Å²) in [5.74, 6) is 0.641. The van der Waals surface area contributed by atoms with Crippen molar-refractivity contribution < 1.29 is 9.84 Å². The van der Waals surface area contributed by atoms with Crippen LogP contribution in [0, 0.1) is 0 Å². The summed E-state index contributed by atoms with van der Waals surface area (Å²) in [6, 6.07) is 5.49. The molecule has 1 fully saturated rings. The van der Waals surface area contributed by atoms with Crippen molar-refractivity contribution >= 4 is 27.5 Å². The van der Waals surface area contributed by atoms with Crippen molar-refractivity contribution in [3.8, 4) is 5.75 Å². The molecule has 0 saturated heterocycles. The maximum Gasteiger partial charge on any atom is 0.139 e. The number of rotatable bonds is 2. The third-order valence-corrected chi connectivity index (χ3v) is 3.64. The zero-order valence-corrected chi connectivity index (χ0v) is 11.2. The minimum Gasteiger partial charge on any atom is -0.486 e. The van der Waals surface area contributed by atoms with Crippen molar-refractivity contribution in [1.29, 1.82) is 0 Å². The molecule has 1 aliphatic carbocycles. The van der Waals surface area contributed by atoms with E-state index in [9.17, 15) is 5.11 Å². The normalized spacial score (nSPS) is 25.4. The van der Waals surface area contributed by atoms with Crippen molar-refractivity contribution in [2.75, 3.05) is 0 Å². The summed E-state index contributed by atoms with van der Waals surface area (Å²) in [6.45, 7) is 0. The molecule has 2 nitrogen and oxygen atoms in total. The van der Waals surface area contributed by atoms with Gasteiger partial charge in [-0.15, -0.1) is 0 Å². The Kier molecular flexibility index (Phi) is 4.11. The summed E-state index contributed by atoms with van der Waals surface area (Å²) in [5.41, 5.74) is 0. The average molecular weight is 306 g/mol. The minimum absolute atomic E-state index is 0.124. The molecule has 1 aliphatic rings. The average Bonchev–Trinajstić information content (AvgIpc) is 2.27. The molecule has 1 aromatic carbocycles. The van der Waals surface area contributed by atoms with Gasteiger partial charge in [0.25, 0.3) is 0 Å².